The predicted molar refractivity (Wildman–Crippen MR) is 80.2 cm³/mol. The van der Waals surface area contributed by atoms with Crippen LogP contribution in [-0.4, -0.2) is 8.42 Å². The van der Waals surface area contributed by atoms with Gasteiger partial charge in [0.25, 0.3) is 0 Å². The zero-order valence-corrected chi connectivity index (χ0v) is 12.0. The SMILES string of the molecule is Nc1cccc(COS(=O)(=O)OCc2cccc(N)c2)c1. The van der Waals surface area contributed by atoms with Gasteiger partial charge in [0.2, 0.25) is 0 Å². The maximum absolute atomic E-state index is 11.6. The summed E-state index contributed by atoms with van der Waals surface area (Å²) in [5, 5.41) is 0. The summed E-state index contributed by atoms with van der Waals surface area (Å²) in [6, 6.07) is 13.5. The van der Waals surface area contributed by atoms with Crippen LogP contribution in [-0.2, 0) is 32.0 Å². The van der Waals surface area contributed by atoms with Gasteiger partial charge in [-0.15, -0.1) is 0 Å². The second-order valence-electron chi connectivity index (χ2n) is 4.42. The van der Waals surface area contributed by atoms with Gasteiger partial charge in [-0.2, -0.15) is 8.42 Å². The molecule has 0 spiro atoms. The number of hydrogen-bond acceptors (Lipinski definition) is 6. The van der Waals surface area contributed by atoms with Crippen molar-refractivity contribution in [3.05, 3.63) is 59.7 Å². The molecule has 0 saturated heterocycles. The van der Waals surface area contributed by atoms with Crippen LogP contribution in [0.2, 0.25) is 0 Å². The summed E-state index contributed by atoms with van der Waals surface area (Å²) >= 11 is 0. The molecule has 0 unspecified atom stereocenters. The molecule has 6 nitrogen and oxygen atoms in total. The molecule has 112 valence electrons. The number of anilines is 2. The lowest BCUT2D eigenvalue weighted by atomic mass is 10.2. The number of benzene rings is 2. The maximum Gasteiger partial charge on any atom is 0.400 e. The first-order chi connectivity index (χ1) is 9.94. The smallest absolute Gasteiger partial charge is 0.399 e. The molecular formula is C14H16N2O4S. The summed E-state index contributed by atoms with van der Waals surface area (Å²) in [4.78, 5) is 0. The molecule has 7 heteroatoms. The quantitative estimate of drug-likeness (QED) is 0.789. The Hall–Kier alpha value is -2.09. The molecule has 4 N–H and O–H groups in total. The fraction of sp³-hybridized carbons (Fsp3) is 0.143. The first-order valence-electron chi connectivity index (χ1n) is 6.17. The number of nitrogen functional groups attached to an aromatic ring is 2. The highest BCUT2D eigenvalue weighted by atomic mass is 32.3. The molecule has 21 heavy (non-hydrogen) atoms. The van der Waals surface area contributed by atoms with Crippen LogP contribution in [0.25, 0.3) is 0 Å². The molecule has 0 aliphatic heterocycles. The predicted octanol–water partition coefficient (Wildman–Crippen LogP) is 1.83. The second-order valence-corrected chi connectivity index (χ2v) is 5.71. The molecule has 0 heterocycles. The largest absolute Gasteiger partial charge is 0.400 e. The lowest BCUT2D eigenvalue weighted by molar-refractivity contribution is 0.202. The number of hydrogen-bond donors (Lipinski definition) is 2. The van der Waals surface area contributed by atoms with Crippen LogP contribution in [0.1, 0.15) is 11.1 Å². The summed E-state index contributed by atoms with van der Waals surface area (Å²) in [6.07, 6.45) is 0. The minimum Gasteiger partial charge on any atom is -0.399 e. The molecule has 0 atom stereocenters. The van der Waals surface area contributed by atoms with Gasteiger partial charge in [-0.3, -0.25) is 0 Å². The van der Waals surface area contributed by atoms with Crippen molar-refractivity contribution in [3.63, 3.8) is 0 Å². The van der Waals surface area contributed by atoms with E-state index < -0.39 is 10.4 Å². The maximum atomic E-state index is 11.6. The zero-order valence-electron chi connectivity index (χ0n) is 11.2. The van der Waals surface area contributed by atoms with Crippen molar-refractivity contribution in [2.75, 3.05) is 11.5 Å². The monoisotopic (exact) mass is 308 g/mol. The molecule has 0 amide bonds. The Morgan fingerprint density at radius 3 is 1.62 bits per heavy atom. The molecule has 0 aliphatic rings. The van der Waals surface area contributed by atoms with E-state index in [4.69, 9.17) is 19.8 Å². The van der Waals surface area contributed by atoms with E-state index in [0.717, 1.165) is 0 Å². The van der Waals surface area contributed by atoms with Gasteiger partial charge in [-0.1, -0.05) is 24.3 Å². The third-order valence-corrected chi connectivity index (χ3v) is 3.45. The van der Waals surface area contributed by atoms with Crippen molar-refractivity contribution < 1.29 is 16.8 Å². The van der Waals surface area contributed by atoms with Crippen molar-refractivity contribution in [1.82, 2.24) is 0 Å². The van der Waals surface area contributed by atoms with Crippen molar-refractivity contribution in [3.8, 4) is 0 Å². The van der Waals surface area contributed by atoms with Gasteiger partial charge in [0, 0.05) is 11.4 Å². The van der Waals surface area contributed by atoms with E-state index >= 15 is 0 Å². The molecule has 0 aromatic heterocycles. The van der Waals surface area contributed by atoms with Crippen molar-refractivity contribution in [2.24, 2.45) is 0 Å². The summed E-state index contributed by atoms with van der Waals surface area (Å²) in [7, 11) is -4.09. The Morgan fingerprint density at radius 2 is 1.24 bits per heavy atom. The summed E-state index contributed by atoms with van der Waals surface area (Å²) in [5.74, 6) is 0. The third-order valence-electron chi connectivity index (χ3n) is 2.64. The minimum absolute atomic E-state index is 0.135. The Balaban J connectivity index is 1.90. The Morgan fingerprint density at radius 1 is 0.810 bits per heavy atom. The van der Waals surface area contributed by atoms with Crippen molar-refractivity contribution in [2.45, 2.75) is 13.2 Å². The van der Waals surface area contributed by atoms with Crippen LogP contribution in [0.5, 0.6) is 0 Å². The van der Waals surface area contributed by atoms with Crippen molar-refractivity contribution in [1.29, 1.82) is 0 Å². The topological polar surface area (TPSA) is 105 Å². The molecule has 2 aromatic carbocycles. The summed E-state index contributed by atoms with van der Waals surface area (Å²) < 4.78 is 32.9. The molecule has 0 aliphatic carbocycles. The van der Waals surface area contributed by atoms with Crippen LogP contribution in [0.3, 0.4) is 0 Å². The molecular weight excluding hydrogens is 292 g/mol. The normalized spacial score (nSPS) is 11.4. The average molecular weight is 308 g/mol. The summed E-state index contributed by atoms with van der Waals surface area (Å²) in [6.45, 7) is -0.269. The zero-order chi connectivity index (χ0) is 15.3. The van der Waals surface area contributed by atoms with Gasteiger partial charge in [0.15, 0.2) is 0 Å². The highest BCUT2D eigenvalue weighted by Crippen LogP contribution is 2.12. The van der Waals surface area contributed by atoms with Gasteiger partial charge >= 0.3 is 10.4 Å². The van der Waals surface area contributed by atoms with Crippen molar-refractivity contribution >= 4 is 21.8 Å². The number of nitrogens with two attached hydrogens (primary N) is 2. The lowest BCUT2D eigenvalue weighted by Crippen LogP contribution is -2.10. The molecule has 0 bridgehead atoms. The lowest BCUT2D eigenvalue weighted by Gasteiger charge is -2.07. The van der Waals surface area contributed by atoms with Gasteiger partial charge in [-0.25, -0.2) is 8.37 Å². The van der Waals surface area contributed by atoms with Crippen LogP contribution in [0.15, 0.2) is 48.5 Å². The van der Waals surface area contributed by atoms with E-state index in [1.807, 2.05) is 0 Å². The van der Waals surface area contributed by atoms with Crippen LogP contribution >= 0.6 is 0 Å². The Kier molecular flexibility index (Phi) is 4.79. The molecule has 2 aromatic rings. The molecule has 2 rings (SSSR count). The molecule has 0 fully saturated rings. The Bertz CT molecular complexity index is 661. The molecule has 0 saturated carbocycles. The summed E-state index contributed by atoms with van der Waals surface area (Å²) in [5.41, 5.74) is 13.6. The highest BCUT2D eigenvalue weighted by Gasteiger charge is 2.12. The van der Waals surface area contributed by atoms with Gasteiger partial charge < -0.3 is 11.5 Å². The van der Waals surface area contributed by atoms with Crippen LogP contribution in [0, 0.1) is 0 Å². The third kappa shape index (κ3) is 5.07. The molecule has 0 radical (unpaired) electrons. The number of rotatable bonds is 6. The first-order valence-corrected chi connectivity index (χ1v) is 7.50. The first kappa shape index (κ1) is 15.3. The van der Waals surface area contributed by atoms with E-state index in [-0.39, 0.29) is 13.2 Å². The van der Waals surface area contributed by atoms with Gasteiger partial charge in [0.05, 0.1) is 13.2 Å². The van der Waals surface area contributed by atoms with E-state index in [0.29, 0.717) is 22.5 Å². The van der Waals surface area contributed by atoms with Gasteiger partial charge in [-0.05, 0) is 35.4 Å². The fourth-order valence-electron chi connectivity index (χ4n) is 1.68. The van der Waals surface area contributed by atoms with E-state index in [2.05, 4.69) is 0 Å². The van der Waals surface area contributed by atoms with Gasteiger partial charge in [0.1, 0.15) is 0 Å². The van der Waals surface area contributed by atoms with E-state index in [1.165, 1.54) is 0 Å². The second kappa shape index (κ2) is 6.57. The minimum atomic E-state index is -4.09. The highest BCUT2D eigenvalue weighted by molar-refractivity contribution is 7.81. The van der Waals surface area contributed by atoms with Crippen LogP contribution in [0.4, 0.5) is 11.4 Å². The van der Waals surface area contributed by atoms with E-state index in [1.54, 1.807) is 48.5 Å². The Labute approximate surface area is 123 Å². The standard InChI is InChI=1S/C14H16N2O4S/c15-13-5-1-3-11(7-13)9-19-21(17,18)20-10-12-4-2-6-14(16)8-12/h1-8H,9-10,15-16H2. The fourth-order valence-corrected chi connectivity index (χ4v) is 2.31. The van der Waals surface area contributed by atoms with E-state index in [9.17, 15) is 8.42 Å². The van der Waals surface area contributed by atoms with Crippen LogP contribution < -0.4 is 11.5 Å². The average Bonchev–Trinajstić information content (AvgIpc) is 2.44.